The van der Waals surface area contributed by atoms with Gasteiger partial charge in [-0.3, -0.25) is 4.90 Å². The zero-order valence-corrected chi connectivity index (χ0v) is 22.8. The highest BCUT2D eigenvalue weighted by atomic mass is 35.5. The van der Waals surface area contributed by atoms with Gasteiger partial charge < -0.3 is 15.0 Å². The van der Waals surface area contributed by atoms with E-state index in [1.54, 1.807) is 18.4 Å². The van der Waals surface area contributed by atoms with E-state index in [0.29, 0.717) is 6.04 Å². The molecule has 35 heavy (non-hydrogen) atoms. The monoisotopic (exact) mass is 533 g/mol. The number of methoxy groups -OCH3 is 1. The van der Waals surface area contributed by atoms with Crippen molar-refractivity contribution in [2.75, 3.05) is 39.1 Å². The largest absolute Gasteiger partial charge is 0.497 e. The second-order valence-corrected chi connectivity index (χ2v) is 9.77. The van der Waals surface area contributed by atoms with Crippen molar-refractivity contribution in [3.63, 3.8) is 0 Å². The molecule has 0 bridgehead atoms. The molecule has 2 aromatic carbocycles. The van der Waals surface area contributed by atoms with Crippen molar-refractivity contribution < 1.29 is 4.74 Å². The first-order chi connectivity index (χ1) is 16.1. The maximum atomic E-state index is 5.40. The number of hydrogen-bond acceptors (Lipinski definition) is 7. The molecule has 1 N–H and O–H groups in total. The zero-order chi connectivity index (χ0) is 22.8. The molecule has 0 amide bonds. The number of para-hydroxylation sites is 2. The van der Waals surface area contributed by atoms with E-state index in [-0.39, 0.29) is 24.8 Å². The molecule has 1 saturated heterocycles. The number of nitrogens with one attached hydrogen (secondary N) is 1. The topological polar surface area (TPSA) is 53.0 Å². The maximum absolute atomic E-state index is 5.40. The number of fused-ring (bicyclic) bond motifs is 2. The molecular formula is C26H33Cl2N5OS. The molecule has 1 aromatic heterocycles. The number of piperazine rings is 1. The minimum atomic E-state index is 0. The van der Waals surface area contributed by atoms with Crippen LogP contribution in [0.5, 0.6) is 5.75 Å². The number of nitrogens with zero attached hydrogens (tertiary/aromatic N) is 4. The van der Waals surface area contributed by atoms with Gasteiger partial charge in [0.2, 0.25) is 0 Å². The summed E-state index contributed by atoms with van der Waals surface area (Å²) in [6, 6.07) is 17.1. The van der Waals surface area contributed by atoms with Gasteiger partial charge in [-0.1, -0.05) is 31.2 Å². The smallest absolute Gasteiger partial charge is 0.158 e. The summed E-state index contributed by atoms with van der Waals surface area (Å²) in [5.41, 5.74) is 4.33. The van der Waals surface area contributed by atoms with Crippen LogP contribution in [0.25, 0.3) is 0 Å². The number of halogens is 2. The Morgan fingerprint density at radius 1 is 1.11 bits per heavy atom. The van der Waals surface area contributed by atoms with E-state index in [1.807, 2.05) is 12.1 Å². The van der Waals surface area contributed by atoms with Crippen molar-refractivity contribution in [2.45, 2.75) is 32.2 Å². The number of amidine groups is 1. The first kappa shape index (κ1) is 27.3. The highest BCUT2D eigenvalue weighted by Crippen LogP contribution is 2.38. The van der Waals surface area contributed by atoms with Crippen LogP contribution in [-0.2, 0) is 12.8 Å². The van der Waals surface area contributed by atoms with Gasteiger partial charge in [-0.2, -0.15) is 0 Å². The molecule has 3 aromatic rings. The average molecular weight is 535 g/mol. The molecule has 0 radical (unpaired) electrons. The number of aryl methyl sites for hydroxylation is 2. The Kier molecular flexibility index (Phi) is 9.41. The van der Waals surface area contributed by atoms with Crippen LogP contribution in [0.15, 0.2) is 53.5 Å². The van der Waals surface area contributed by atoms with E-state index in [0.717, 1.165) is 77.6 Å². The number of rotatable bonds is 5. The number of thiazole rings is 1. The number of benzene rings is 2. The third-order valence-electron chi connectivity index (χ3n) is 6.54. The van der Waals surface area contributed by atoms with Crippen molar-refractivity contribution in [1.82, 2.24) is 14.8 Å². The van der Waals surface area contributed by atoms with Crippen molar-refractivity contribution >= 4 is 58.4 Å². The minimum Gasteiger partial charge on any atom is -0.497 e. The molecule has 0 spiro atoms. The first-order valence-electron chi connectivity index (χ1n) is 11.7. The SMILES string of the molecule is CCc1nc2c(s1)Nc1ccccc1N=C2N1CCN(C)[C@@H](CCc2cccc(OC)c2)C1.Cl.Cl. The minimum absolute atomic E-state index is 0. The molecule has 0 aliphatic carbocycles. The Morgan fingerprint density at radius 2 is 1.94 bits per heavy atom. The summed E-state index contributed by atoms with van der Waals surface area (Å²) in [6.07, 6.45) is 3.05. The van der Waals surface area contributed by atoms with Gasteiger partial charge in [0.1, 0.15) is 16.4 Å². The van der Waals surface area contributed by atoms with Crippen LogP contribution in [-0.4, -0.2) is 60.5 Å². The van der Waals surface area contributed by atoms with Crippen LogP contribution < -0.4 is 10.1 Å². The lowest BCUT2D eigenvalue weighted by Crippen LogP contribution is -2.53. The van der Waals surface area contributed by atoms with Crippen LogP contribution in [0.1, 0.15) is 29.6 Å². The van der Waals surface area contributed by atoms with E-state index in [9.17, 15) is 0 Å². The normalized spacial score (nSPS) is 17.1. The van der Waals surface area contributed by atoms with Gasteiger partial charge in [-0.15, -0.1) is 36.2 Å². The van der Waals surface area contributed by atoms with E-state index < -0.39 is 0 Å². The fourth-order valence-electron chi connectivity index (χ4n) is 4.55. The molecule has 188 valence electrons. The summed E-state index contributed by atoms with van der Waals surface area (Å²) in [6.45, 7) is 5.07. The van der Waals surface area contributed by atoms with Gasteiger partial charge in [-0.05, 0) is 56.1 Å². The number of aliphatic imine (C=N–C) groups is 1. The fourth-order valence-corrected chi connectivity index (χ4v) is 5.46. The molecule has 6 nitrogen and oxygen atoms in total. The lowest BCUT2D eigenvalue weighted by Gasteiger charge is -2.40. The predicted molar refractivity (Wildman–Crippen MR) is 151 cm³/mol. The summed E-state index contributed by atoms with van der Waals surface area (Å²) in [5, 5.41) is 5.84. The Hall–Kier alpha value is -2.32. The van der Waals surface area contributed by atoms with Crippen LogP contribution >= 0.6 is 36.2 Å². The predicted octanol–water partition coefficient (Wildman–Crippen LogP) is 5.94. The van der Waals surface area contributed by atoms with Crippen LogP contribution in [0.3, 0.4) is 0 Å². The molecule has 1 atom stereocenters. The van der Waals surface area contributed by atoms with Crippen molar-refractivity contribution in [3.05, 3.63) is 64.8 Å². The third kappa shape index (κ3) is 5.92. The summed E-state index contributed by atoms with van der Waals surface area (Å²) in [7, 11) is 3.96. The standard InChI is InChI=1S/C26H31N5OS.2ClH/c1-4-23-29-24-25(27-21-10-5-6-11-22(21)28-26(24)33-23)31-15-14-30(2)19(17-31)13-12-18-8-7-9-20(16-18)32-3;;/h5-11,16,19,28H,4,12-15,17H2,1-3H3;2*1H/t19-;;/m0../s1. The van der Waals surface area contributed by atoms with E-state index in [2.05, 4.69) is 65.5 Å². The fraction of sp³-hybridized carbons (Fsp3) is 0.385. The number of anilines is 2. The van der Waals surface area contributed by atoms with Crippen molar-refractivity contribution in [2.24, 2.45) is 4.99 Å². The summed E-state index contributed by atoms with van der Waals surface area (Å²) in [5.74, 6) is 1.92. The lowest BCUT2D eigenvalue weighted by atomic mass is 10.0. The quantitative estimate of drug-likeness (QED) is 0.439. The summed E-state index contributed by atoms with van der Waals surface area (Å²) >= 11 is 1.74. The van der Waals surface area contributed by atoms with Gasteiger partial charge in [0.15, 0.2) is 5.84 Å². The number of ether oxygens (including phenoxy) is 1. The summed E-state index contributed by atoms with van der Waals surface area (Å²) < 4.78 is 5.40. The van der Waals surface area contributed by atoms with E-state index in [4.69, 9.17) is 14.7 Å². The zero-order valence-electron chi connectivity index (χ0n) is 20.4. The Balaban J connectivity index is 0.00000171. The molecule has 0 unspecified atom stereocenters. The van der Waals surface area contributed by atoms with E-state index >= 15 is 0 Å². The molecule has 2 aliphatic rings. The molecular weight excluding hydrogens is 501 g/mol. The average Bonchev–Trinajstić information content (AvgIpc) is 3.19. The van der Waals surface area contributed by atoms with Crippen LogP contribution in [0.4, 0.5) is 16.4 Å². The first-order valence-corrected chi connectivity index (χ1v) is 12.5. The Labute approximate surface area is 224 Å². The van der Waals surface area contributed by atoms with Crippen molar-refractivity contribution in [1.29, 1.82) is 0 Å². The molecule has 9 heteroatoms. The second kappa shape index (κ2) is 12.1. The van der Waals surface area contributed by atoms with Gasteiger partial charge >= 0.3 is 0 Å². The van der Waals surface area contributed by atoms with Gasteiger partial charge in [0, 0.05) is 25.7 Å². The highest BCUT2D eigenvalue weighted by molar-refractivity contribution is 7.16. The molecule has 1 fully saturated rings. The lowest BCUT2D eigenvalue weighted by molar-refractivity contribution is 0.134. The number of hydrogen-bond donors (Lipinski definition) is 1. The van der Waals surface area contributed by atoms with Crippen LogP contribution in [0, 0.1) is 0 Å². The Morgan fingerprint density at radius 3 is 2.74 bits per heavy atom. The molecule has 5 rings (SSSR count). The van der Waals surface area contributed by atoms with Gasteiger partial charge in [0.25, 0.3) is 0 Å². The van der Waals surface area contributed by atoms with Crippen molar-refractivity contribution in [3.8, 4) is 5.75 Å². The van der Waals surface area contributed by atoms with Gasteiger partial charge in [-0.25, -0.2) is 9.98 Å². The van der Waals surface area contributed by atoms with E-state index in [1.165, 1.54) is 5.56 Å². The molecule has 2 aliphatic heterocycles. The molecule has 3 heterocycles. The maximum Gasteiger partial charge on any atom is 0.158 e. The molecule has 0 saturated carbocycles. The summed E-state index contributed by atoms with van der Waals surface area (Å²) in [4.78, 5) is 15.1. The third-order valence-corrected chi connectivity index (χ3v) is 7.66. The number of aromatic nitrogens is 1. The number of likely N-dealkylation sites (N-methyl/N-ethyl adjacent to an activating group) is 1. The highest BCUT2D eigenvalue weighted by Gasteiger charge is 2.31. The van der Waals surface area contributed by atoms with Crippen LogP contribution in [0.2, 0.25) is 0 Å². The van der Waals surface area contributed by atoms with Gasteiger partial charge in [0.05, 0.1) is 23.5 Å². The Bertz CT molecular complexity index is 1170. The second-order valence-electron chi connectivity index (χ2n) is 8.69.